The van der Waals surface area contributed by atoms with Crippen molar-refractivity contribution in [3.63, 3.8) is 0 Å². The Hall–Kier alpha value is -1.46. The zero-order chi connectivity index (χ0) is 14.9. The lowest BCUT2D eigenvalue weighted by molar-refractivity contribution is -0.0392. The van der Waals surface area contributed by atoms with Crippen LogP contribution < -0.4 is 0 Å². The fourth-order valence-electron chi connectivity index (χ4n) is 3.29. The van der Waals surface area contributed by atoms with Crippen molar-refractivity contribution in [1.29, 1.82) is 0 Å². The molecule has 3 rings (SSSR count). The fourth-order valence-corrected chi connectivity index (χ4v) is 3.29. The van der Waals surface area contributed by atoms with Gasteiger partial charge in [0.05, 0.1) is 12.2 Å². The third-order valence-corrected chi connectivity index (χ3v) is 4.81. The third-order valence-electron chi connectivity index (χ3n) is 4.81. The van der Waals surface area contributed by atoms with E-state index in [2.05, 4.69) is 24.0 Å². The second-order valence-corrected chi connectivity index (χ2v) is 6.34. The number of carbonyl (C=O) groups is 1. The van der Waals surface area contributed by atoms with Gasteiger partial charge in [0.15, 0.2) is 0 Å². The van der Waals surface area contributed by atoms with E-state index in [-0.39, 0.29) is 11.5 Å². The molecule has 5 nitrogen and oxygen atoms in total. The molecule has 1 atom stereocenters. The molecule has 0 N–H and O–H groups in total. The van der Waals surface area contributed by atoms with Crippen LogP contribution in [0.25, 0.3) is 0 Å². The van der Waals surface area contributed by atoms with Gasteiger partial charge in [-0.25, -0.2) is 0 Å². The summed E-state index contributed by atoms with van der Waals surface area (Å²) in [5.74, 6) is 0.106. The Bertz CT molecular complexity index is 496. The second-order valence-electron chi connectivity index (χ2n) is 6.34. The number of hydrogen-bond acceptors (Lipinski definition) is 4. The van der Waals surface area contributed by atoms with Gasteiger partial charge in [0.2, 0.25) is 0 Å². The molecule has 1 amide bonds. The molecule has 1 spiro atoms. The van der Waals surface area contributed by atoms with Crippen molar-refractivity contribution in [2.24, 2.45) is 0 Å². The molecular weight excluding hydrogens is 266 g/mol. The number of likely N-dealkylation sites (N-methyl/N-ethyl adjacent to an activating group) is 1. The van der Waals surface area contributed by atoms with Crippen LogP contribution in [0.2, 0.25) is 0 Å². The Morgan fingerprint density at radius 1 is 1.33 bits per heavy atom. The molecule has 0 saturated carbocycles. The molecule has 1 aromatic heterocycles. The number of carbonyl (C=O) groups excluding carboxylic acids is 1. The molecule has 2 fully saturated rings. The lowest BCUT2D eigenvalue weighted by Crippen LogP contribution is -2.46. The number of aromatic nitrogens is 1. The molecule has 0 bridgehead atoms. The molecule has 21 heavy (non-hydrogen) atoms. The third kappa shape index (κ3) is 2.94. The topological polar surface area (TPSA) is 45.7 Å². The van der Waals surface area contributed by atoms with E-state index in [9.17, 15) is 4.79 Å². The van der Waals surface area contributed by atoms with E-state index >= 15 is 0 Å². The van der Waals surface area contributed by atoms with Crippen LogP contribution in [0.5, 0.6) is 0 Å². The number of rotatable bonds is 2. The van der Waals surface area contributed by atoms with E-state index in [4.69, 9.17) is 4.74 Å². The molecule has 0 radical (unpaired) electrons. The summed E-state index contributed by atoms with van der Waals surface area (Å²) in [6, 6.07) is 4.06. The van der Waals surface area contributed by atoms with Crippen molar-refractivity contribution in [1.82, 2.24) is 14.8 Å². The van der Waals surface area contributed by atoms with Crippen LogP contribution in [0.4, 0.5) is 0 Å². The van der Waals surface area contributed by atoms with Gasteiger partial charge in [0, 0.05) is 37.1 Å². The van der Waals surface area contributed by atoms with E-state index in [1.165, 1.54) is 0 Å². The van der Waals surface area contributed by atoms with E-state index < -0.39 is 0 Å². The minimum Gasteiger partial charge on any atom is -0.373 e. The molecule has 0 aliphatic carbocycles. The molecule has 114 valence electrons. The van der Waals surface area contributed by atoms with E-state index in [1.807, 2.05) is 4.90 Å². The first-order chi connectivity index (χ1) is 10.1. The standard InChI is InChI=1S/C16H23N3O2/c1-18(2)14-11-16(21-12-14)5-9-19(10-6-16)15(20)13-3-7-17-8-4-13/h3-4,7-8,14H,5-6,9-12H2,1-2H3. The van der Waals surface area contributed by atoms with Crippen LogP contribution >= 0.6 is 0 Å². The molecular formula is C16H23N3O2. The van der Waals surface area contributed by atoms with E-state index in [1.54, 1.807) is 24.5 Å². The number of pyridine rings is 1. The maximum absolute atomic E-state index is 12.4. The molecule has 1 unspecified atom stereocenters. The minimum atomic E-state index is -0.00996. The SMILES string of the molecule is CN(C)C1COC2(CCN(C(=O)c3ccncc3)CC2)C1. The van der Waals surface area contributed by atoms with Crippen LogP contribution in [-0.4, -0.2) is 66.1 Å². The summed E-state index contributed by atoms with van der Waals surface area (Å²) < 4.78 is 6.10. The zero-order valence-corrected chi connectivity index (χ0v) is 12.8. The molecule has 0 aromatic carbocycles. The van der Waals surface area contributed by atoms with Gasteiger partial charge in [-0.1, -0.05) is 0 Å². The van der Waals surface area contributed by atoms with Crippen molar-refractivity contribution in [2.75, 3.05) is 33.8 Å². The molecule has 2 saturated heterocycles. The van der Waals surface area contributed by atoms with Crippen molar-refractivity contribution < 1.29 is 9.53 Å². The Labute approximate surface area is 125 Å². The normalized spacial score (nSPS) is 24.7. The lowest BCUT2D eigenvalue weighted by atomic mass is 9.87. The predicted octanol–water partition coefficient (Wildman–Crippen LogP) is 1.41. The first kappa shape index (κ1) is 14.5. The highest BCUT2D eigenvalue weighted by atomic mass is 16.5. The molecule has 2 aliphatic heterocycles. The Morgan fingerprint density at radius 3 is 2.57 bits per heavy atom. The summed E-state index contributed by atoms with van der Waals surface area (Å²) in [5, 5.41) is 0. The number of likely N-dealkylation sites (tertiary alicyclic amines) is 1. The van der Waals surface area contributed by atoms with Gasteiger partial charge in [-0.2, -0.15) is 0 Å². The zero-order valence-electron chi connectivity index (χ0n) is 12.8. The van der Waals surface area contributed by atoms with Crippen LogP contribution in [0.15, 0.2) is 24.5 Å². The number of piperidine rings is 1. The van der Waals surface area contributed by atoms with E-state index in [0.29, 0.717) is 6.04 Å². The second kappa shape index (κ2) is 5.73. The van der Waals surface area contributed by atoms with Crippen LogP contribution in [-0.2, 0) is 4.74 Å². The average Bonchev–Trinajstić information content (AvgIpc) is 2.92. The summed E-state index contributed by atoms with van der Waals surface area (Å²) in [6.07, 6.45) is 6.29. The average molecular weight is 289 g/mol. The Morgan fingerprint density at radius 2 is 2.00 bits per heavy atom. The number of ether oxygens (including phenoxy) is 1. The van der Waals surface area contributed by atoms with Gasteiger partial charge >= 0.3 is 0 Å². The van der Waals surface area contributed by atoms with Gasteiger partial charge in [0.1, 0.15) is 0 Å². The maximum Gasteiger partial charge on any atom is 0.253 e. The van der Waals surface area contributed by atoms with E-state index in [0.717, 1.165) is 44.5 Å². The highest BCUT2D eigenvalue weighted by Gasteiger charge is 2.43. The largest absolute Gasteiger partial charge is 0.373 e. The summed E-state index contributed by atoms with van der Waals surface area (Å²) in [7, 11) is 4.21. The summed E-state index contributed by atoms with van der Waals surface area (Å²) in [5.41, 5.74) is 0.712. The van der Waals surface area contributed by atoms with Crippen molar-refractivity contribution >= 4 is 5.91 Å². The predicted molar refractivity (Wildman–Crippen MR) is 80.1 cm³/mol. The molecule has 5 heteroatoms. The van der Waals surface area contributed by atoms with Crippen LogP contribution in [0.1, 0.15) is 29.6 Å². The van der Waals surface area contributed by atoms with Crippen molar-refractivity contribution in [2.45, 2.75) is 30.9 Å². The minimum absolute atomic E-state index is 0.00996. The smallest absolute Gasteiger partial charge is 0.253 e. The van der Waals surface area contributed by atoms with Crippen molar-refractivity contribution in [3.05, 3.63) is 30.1 Å². The van der Waals surface area contributed by atoms with Gasteiger partial charge in [-0.15, -0.1) is 0 Å². The highest BCUT2D eigenvalue weighted by Crippen LogP contribution is 2.37. The van der Waals surface area contributed by atoms with Gasteiger partial charge in [-0.05, 0) is 45.5 Å². The first-order valence-corrected chi connectivity index (χ1v) is 7.59. The number of hydrogen-bond donors (Lipinski definition) is 0. The highest BCUT2D eigenvalue weighted by molar-refractivity contribution is 5.94. The van der Waals surface area contributed by atoms with Crippen molar-refractivity contribution in [3.8, 4) is 0 Å². The summed E-state index contributed by atoms with van der Waals surface area (Å²) in [4.78, 5) is 20.6. The quantitative estimate of drug-likeness (QED) is 0.826. The summed E-state index contributed by atoms with van der Waals surface area (Å²) >= 11 is 0. The first-order valence-electron chi connectivity index (χ1n) is 7.59. The molecule has 2 aliphatic rings. The Balaban J connectivity index is 1.60. The number of amides is 1. The molecule has 1 aromatic rings. The van der Waals surface area contributed by atoms with Gasteiger partial charge in [0.25, 0.3) is 5.91 Å². The Kier molecular flexibility index (Phi) is 3.95. The van der Waals surface area contributed by atoms with Gasteiger partial charge in [-0.3, -0.25) is 9.78 Å². The fraction of sp³-hybridized carbons (Fsp3) is 0.625. The van der Waals surface area contributed by atoms with Gasteiger partial charge < -0.3 is 14.5 Å². The lowest BCUT2D eigenvalue weighted by Gasteiger charge is -2.38. The van der Waals surface area contributed by atoms with Crippen LogP contribution in [0.3, 0.4) is 0 Å². The maximum atomic E-state index is 12.4. The van der Waals surface area contributed by atoms with Crippen LogP contribution in [0, 0.1) is 0 Å². The number of nitrogens with zero attached hydrogens (tertiary/aromatic N) is 3. The summed E-state index contributed by atoms with van der Waals surface area (Å²) in [6.45, 7) is 2.37. The molecule has 3 heterocycles. The monoisotopic (exact) mass is 289 g/mol.